The molecule has 1 aliphatic heterocycles. The molecule has 0 unspecified atom stereocenters. The van der Waals surface area contributed by atoms with Crippen molar-refractivity contribution in [3.63, 3.8) is 0 Å². The van der Waals surface area contributed by atoms with E-state index in [9.17, 15) is 24.5 Å². The lowest BCUT2D eigenvalue weighted by molar-refractivity contribution is -0.393. The fraction of sp³-hybridized carbons (Fsp3) is 0.172. The van der Waals surface area contributed by atoms with E-state index in [-0.39, 0.29) is 29.0 Å². The Morgan fingerprint density at radius 2 is 1.27 bits per heavy atom. The number of aromatic amines is 1. The van der Waals surface area contributed by atoms with Crippen molar-refractivity contribution in [1.29, 1.82) is 0 Å². The molecule has 41 heavy (non-hydrogen) atoms. The summed E-state index contributed by atoms with van der Waals surface area (Å²) in [7, 11) is 0. The second kappa shape index (κ2) is 12.2. The van der Waals surface area contributed by atoms with Crippen LogP contribution in [0, 0.1) is 10.1 Å². The number of aromatic nitrogens is 2. The number of nitro groups is 1. The number of hydrogen-bond donors (Lipinski definition) is 1. The van der Waals surface area contributed by atoms with Crippen LogP contribution in [-0.2, 0) is 18.9 Å². The number of H-pyrrole nitrogens is 1. The third kappa shape index (κ3) is 6.28. The largest absolute Gasteiger partial charge is 0.459 e. The van der Waals surface area contributed by atoms with Crippen LogP contribution >= 0.6 is 0 Å². The second-order valence-electron chi connectivity index (χ2n) is 8.94. The van der Waals surface area contributed by atoms with E-state index < -0.39 is 53.2 Å². The topological polar surface area (TPSA) is 160 Å². The van der Waals surface area contributed by atoms with Gasteiger partial charge in [0.2, 0.25) is 0 Å². The first-order chi connectivity index (χ1) is 19.9. The fourth-order valence-electron chi connectivity index (χ4n) is 4.28. The van der Waals surface area contributed by atoms with Crippen molar-refractivity contribution >= 4 is 23.9 Å². The Kier molecular flexibility index (Phi) is 8.11. The first-order valence-corrected chi connectivity index (χ1v) is 12.5. The molecule has 1 aliphatic rings. The van der Waals surface area contributed by atoms with Gasteiger partial charge in [0.25, 0.3) is 0 Å². The van der Waals surface area contributed by atoms with Crippen LogP contribution in [0.5, 0.6) is 0 Å². The molecular weight excluding hydrogens is 534 g/mol. The van der Waals surface area contributed by atoms with Gasteiger partial charge in [-0.3, -0.25) is 0 Å². The highest BCUT2D eigenvalue weighted by atomic mass is 16.7. The van der Waals surface area contributed by atoms with Crippen LogP contribution in [0.2, 0.25) is 0 Å². The summed E-state index contributed by atoms with van der Waals surface area (Å²) in [6.07, 6.45) is -3.68. The maximum Gasteiger partial charge on any atom is 0.432 e. The quantitative estimate of drug-likeness (QED) is 0.138. The lowest BCUT2D eigenvalue weighted by Crippen LogP contribution is -2.40. The van der Waals surface area contributed by atoms with E-state index in [1.807, 2.05) is 0 Å². The van der Waals surface area contributed by atoms with Crippen LogP contribution < -0.4 is 0 Å². The Balaban J connectivity index is 1.47. The van der Waals surface area contributed by atoms with Gasteiger partial charge >= 0.3 is 23.9 Å². The van der Waals surface area contributed by atoms with E-state index in [2.05, 4.69) is 9.97 Å². The van der Waals surface area contributed by atoms with Gasteiger partial charge in [0, 0.05) is 0 Å². The van der Waals surface area contributed by atoms with Crippen molar-refractivity contribution < 1.29 is 38.3 Å². The van der Waals surface area contributed by atoms with Gasteiger partial charge in [-0.1, -0.05) is 59.6 Å². The van der Waals surface area contributed by atoms with Crippen LogP contribution in [0.15, 0.2) is 97.2 Å². The summed E-state index contributed by atoms with van der Waals surface area (Å²) in [5.41, 5.74) is 0.751. The van der Waals surface area contributed by atoms with Crippen LogP contribution in [0.4, 0.5) is 5.95 Å². The van der Waals surface area contributed by atoms with Gasteiger partial charge in [-0.05, 0) is 41.3 Å². The molecule has 0 amide bonds. The number of carbonyl (C=O) groups is 3. The van der Waals surface area contributed by atoms with Gasteiger partial charge < -0.3 is 29.1 Å². The zero-order valence-corrected chi connectivity index (χ0v) is 21.3. The molecule has 3 aromatic carbocycles. The summed E-state index contributed by atoms with van der Waals surface area (Å²) < 4.78 is 23.2. The average Bonchev–Trinajstić information content (AvgIpc) is 3.63. The maximum absolute atomic E-state index is 13.1. The van der Waals surface area contributed by atoms with Crippen LogP contribution in [0.3, 0.4) is 0 Å². The molecular formula is C29H23N3O9. The van der Waals surface area contributed by atoms with Gasteiger partial charge in [-0.15, -0.1) is 0 Å². The number of imidazole rings is 1. The Bertz CT molecular complexity index is 1530. The third-order valence-electron chi connectivity index (χ3n) is 6.25. The first kappa shape index (κ1) is 27.2. The highest BCUT2D eigenvalue weighted by Crippen LogP contribution is 2.38. The van der Waals surface area contributed by atoms with Crippen LogP contribution in [0.25, 0.3) is 0 Å². The number of hydrogen-bond acceptors (Lipinski definition) is 10. The highest BCUT2D eigenvalue weighted by Gasteiger charge is 2.53. The molecule has 12 nitrogen and oxygen atoms in total. The standard InChI is InChI=1S/C29H23N3O9/c33-26(18-10-4-1-5-11-18)38-17-22-24(40-27(34)19-12-6-2-7-13-19)25(41-28(35)20-14-8-3-9-15-20)23(39-22)21-16-30-29(31-21)32(36)37/h1-16,22-25H,17H2,(H,30,31)/t22-,23-,24-,25-/m1/s1. The molecule has 2 heterocycles. The van der Waals surface area contributed by atoms with E-state index in [0.29, 0.717) is 0 Å². The SMILES string of the molecule is O=C(OC[C@H]1O[C@H](c2c[nH]c([N+](=O)[O-])n2)[C@@H](OC(=O)c2ccccc2)[C@@H]1OC(=O)c1ccccc1)c1ccccc1. The normalized spacial score (nSPS) is 19.7. The molecule has 1 fully saturated rings. The minimum absolute atomic E-state index is 0.0280. The van der Waals surface area contributed by atoms with Crippen LogP contribution in [0.1, 0.15) is 42.9 Å². The Hall–Kier alpha value is -5.36. The zero-order valence-electron chi connectivity index (χ0n) is 21.3. The average molecular weight is 558 g/mol. The smallest absolute Gasteiger partial charge is 0.432 e. The summed E-state index contributed by atoms with van der Waals surface area (Å²) >= 11 is 0. The summed E-state index contributed by atoms with van der Waals surface area (Å²) in [5, 5.41) is 11.3. The van der Waals surface area contributed by atoms with Gasteiger partial charge in [-0.2, -0.15) is 0 Å². The molecule has 0 aliphatic carbocycles. The van der Waals surface area contributed by atoms with E-state index in [1.165, 1.54) is 18.3 Å². The lowest BCUT2D eigenvalue weighted by atomic mass is 10.0. The number of rotatable bonds is 9. The molecule has 1 saturated heterocycles. The number of esters is 3. The lowest BCUT2D eigenvalue weighted by Gasteiger charge is -2.24. The first-order valence-electron chi connectivity index (χ1n) is 12.5. The molecule has 0 radical (unpaired) electrons. The maximum atomic E-state index is 13.1. The highest BCUT2D eigenvalue weighted by molar-refractivity contribution is 5.91. The van der Waals surface area contributed by atoms with Crippen molar-refractivity contribution in [2.75, 3.05) is 6.61 Å². The van der Waals surface area contributed by atoms with Gasteiger partial charge in [0.1, 0.15) is 18.9 Å². The van der Waals surface area contributed by atoms with Crippen molar-refractivity contribution in [2.45, 2.75) is 24.4 Å². The van der Waals surface area contributed by atoms with Gasteiger partial charge in [0.15, 0.2) is 24.0 Å². The predicted octanol–water partition coefficient (Wildman–Crippen LogP) is 4.07. The molecule has 4 aromatic rings. The summed E-state index contributed by atoms with van der Waals surface area (Å²) in [5.74, 6) is -2.71. The van der Waals surface area contributed by atoms with Crippen molar-refractivity contribution in [1.82, 2.24) is 9.97 Å². The molecule has 5 rings (SSSR count). The molecule has 12 heteroatoms. The fourth-order valence-corrected chi connectivity index (χ4v) is 4.28. The third-order valence-corrected chi connectivity index (χ3v) is 6.25. The zero-order chi connectivity index (χ0) is 28.8. The van der Waals surface area contributed by atoms with E-state index >= 15 is 0 Å². The van der Waals surface area contributed by atoms with Gasteiger partial charge in [-0.25, -0.2) is 19.4 Å². The molecule has 0 bridgehead atoms. The van der Waals surface area contributed by atoms with Crippen LogP contribution in [-0.4, -0.2) is 57.7 Å². The second-order valence-corrected chi connectivity index (χ2v) is 8.94. The molecule has 1 N–H and O–H groups in total. The Morgan fingerprint density at radius 1 is 0.780 bits per heavy atom. The summed E-state index contributed by atoms with van der Waals surface area (Å²) in [6, 6.07) is 24.5. The van der Waals surface area contributed by atoms with Gasteiger partial charge in [0.05, 0.1) is 16.7 Å². The number of nitrogens with zero attached hydrogens (tertiary/aromatic N) is 2. The van der Waals surface area contributed by atoms with E-state index in [0.717, 1.165) is 0 Å². The summed E-state index contributed by atoms with van der Waals surface area (Å²) in [6.45, 7) is -0.386. The molecule has 0 saturated carbocycles. The predicted molar refractivity (Wildman–Crippen MR) is 141 cm³/mol. The monoisotopic (exact) mass is 557 g/mol. The van der Waals surface area contributed by atoms with Crippen molar-refractivity contribution in [3.8, 4) is 0 Å². The molecule has 0 spiro atoms. The minimum atomic E-state index is -1.31. The number of nitrogens with one attached hydrogen (secondary N) is 1. The number of ether oxygens (including phenoxy) is 4. The Labute approximate surface area is 233 Å². The van der Waals surface area contributed by atoms with E-state index in [1.54, 1.807) is 78.9 Å². The molecule has 208 valence electrons. The molecule has 4 atom stereocenters. The van der Waals surface area contributed by atoms with Crippen molar-refractivity contribution in [2.24, 2.45) is 0 Å². The van der Waals surface area contributed by atoms with E-state index in [4.69, 9.17) is 18.9 Å². The van der Waals surface area contributed by atoms with Crippen molar-refractivity contribution in [3.05, 3.63) is 130 Å². The minimum Gasteiger partial charge on any atom is -0.459 e. The number of carbonyl (C=O) groups excluding carboxylic acids is 3. The molecule has 1 aromatic heterocycles. The number of benzene rings is 3. The summed E-state index contributed by atoms with van der Waals surface area (Å²) in [4.78, 5) is 55.8. The Morgan fingerprint density at radius 3 is 1.76 bits per heavy atom.